The lowest BCUT2D eigenvalue weighted by atomic mass is 10.1. The number of nitrogens with one attached hydrogen (secondary N) is 1. The maximum Gasteiger partial charge on any atom is 0.311 e. The molecule has 0 aliphatic carbocycles. The van der Waals surface area contributed by atoms with E-state index in [1.165, 1.54) is 25.3 Å². The third-order valence-corrected chi connectivity index (χ3v) is 4.39. The Labute approximate surface area is 150 Å². The fraction of sp³-hybridized carbons (Fsp3) is 0.333. The number of nitro groups is 1. The number of aryl methyl sites for hydroxylation is 1. The Balaban J connectivity index is 1.79. The van der Waals surface area contributed by atoms with Crippen LogP contribution < -0.4 is 15.0 Å². The fourth-order valence-electron chi connectivity index (χ4n) is 2.97. The van der Waals surface area contributed by atoms with E-state index in [0.717, 1.165) is 31.7 Å². The second-order valence-electron chi connectivity index (χ2n) is 6.09. The molecule has 0 atom stereocenters. The molecule has 3 rings (SSSR count). The third-order valence-electron chi connectivity index (χ3n) is 4.39. The lowest BCUT2D eigenvalue weighted by Gasteiger charge is -2.18. The van der Waals surface area contributed by atoms with Gasteiger partial charge < -0.3 is 15.0 Å². The number of ether oxygens (including phenoxy) is 1. The summed E-state index contributed by atoms with van der Waals surface area (Å²) in [4.78, 5) is 29.8. The van der Waals surface area contributed by atoms with Crippen molar-refractivity contribution in [2.24, 2.45) is 0 Å². The number of carbonyl (C=O) groups excluding carboxylic acids is 1. The zero-order valence-electron chi connectivity index (χ0n) is 14.7. The highest BCUT2D eigenvalue weighted by molar-refractivity contribution is 6.05. The van der Waals surface area contributed by atoms with Crippen LogP contribution in [0, 0.1) is 17.0 Å². The van der Waals surface area contributed by atoms with Crippen LogP contribution in [0.5, 0.6) is 5.75 Å². The molecule has 1 fully saturated rings. The number of rotatable bonds is 5. The quantitative estimate of drug-likeness (QED) is 0.653. The minimum atomic E-state index is -0.576. The summed E-state index contributed by atoms with van der Waals surface area (Å²) in [6.45, 7) is 3.81. The fourth-order valence-corrected chi connectivity index (χ4v) is 2.97. The molecule has 2 heterocycles. The molecule has 0 unspecified atom stereocenters. The van der Waals surface area contributed by atoms with Crippen molar-refractivity contribution in [2.75, 3.05) is 30.4 Å². The van der Waals surface area contributed by atoms with Gasteiger partial charge in [-0.25, -0.2) is 4.98 Å². The number of hydrogen-bond acceptors (Lipinski definition) is 6. The monoisotopic (exact) mass is 356 g/mol. The van der Waals surface area contributed by atoms with Crippen LogP contribution in [-0.2, 0) is 0 Å². The number of aromatic nitrogens is 1. The Kier molecular flexibility index (Phi) is 5.01. The van der Waals surface area contributed by atoms with Crippen molar-refractivity contribution < 1.29 is 14.5 Å². The van der Waals surface area contributed by atoms with Crippen LogP contribution in [0.3, 0.4) is 0 Å². The lowest BCUT2D eigenvalue weighted by molar-refractivity contribution is -0.385. The van der Waals surface area contributed by atoms with Gasteiger partial charge in [0, 0.05) is 24.7 Å². The van der Waals surface area contributed by atoms with Gasteiger partial charge >= 0.3 is 5.69 Å². The van der Waals surface area contributed by atoms with Gasteiger partial charge in [0.25, 0.3) is 5.91 Å². The first-order valence-corrected chi connectivity index (χ1v) is 8.36. The molecular formula is C18H20N4O4. The molecule has 1 amide bonds. The Morgan fingerprint density at radius 3 is 2.62 bits per heavy atom. The zero-order chi connectivity index (χ0) is 18.7. The Morgan fingerprint density at radius 1 is 1.27 bits per heavy atom. The molecule has 8 heteroatoms. The number of carbonyl (C=O) groups is 1. The van der Waals surface area contributed by atoms with E-state index < -0.39 is 10.8 Å². The molecule has 1 saturated heterocycles. The second-order valence-corrected chi connectivity index (χ2v) is 6.09. The zero-order valence-corrected chi connectivity index (χ0v) is 14.7. The summed E-state index contributed by atoms with van der Waals surface area (Å²) in [6, 6.07) is 7.79. The van der Waals surface area contributed by atoms with Crippen LogP contribution in [0.2, 0.25) is 0 Å². The number of nitrogens with zero attached hydrogens (tertiary/aromatic N) is 3. The Morgan fingerprint density at radius 2 is 2.00 bits per heavy atom. The molecule has 1 aliphatic heterocycles. The van der Waals surface area contributed by atoms with Gasteiger partial charge in [-0.1, -0.05) is 0 Å². The first kappa shape index (κ1) is 17.7. The highest BCUT2D eigenvalue weighted by atomic mass is 16.6. The van der Waals surface area contributed by atoms with E-state index >= 15 is 0 Å². The second kappa shape index (κ2) is 7.38. The van der Waals surface area contributed by atoms with Crippen molar-refractivity contribution in [1.82, 2.24) is 4.98 Å². The van der Waals surface area contributed by atoms with E-state index in [9.17, 15) is 14.9 Å². The van der Waals surface area contributed by atoms with Gasteiger partial charge in [0.05, 0.1) is 23.4 Å². The summed E-state index contributed by atoms with van der Waals surface area (Å²) in [5, 5.41) is 13.9. The van der Waals surface area contributed by atoms with Gasteiger partial charge in [-0.15, -0.1) is 0 Å². The molecule has 8 nitrogen and oxygen atoms in total. The maximum atomic E-state index is 12.5. The lowest BCUT2D eigenvalue weighted by Crippen LogP contribution is -2.20. The van der Waals surface area contributed by atoms with Gasteiger partial charge in [-0.3, -0.25) is 14.9 Å². The molecule has 2 aromatic rings. The molecule has 1 aromatic heterocycles. The number of hydrogen-bond donors (Lipinski definition) is 1. The molecule has 1 aliphatic rings. The number of nitro benzene ring substituents is 1. The largest absolute Gasteiger partial charge is 0.490 e. The topological polar surface area (TPSA) is 97.6 Å². The van der Waals surface area contributed by atoms with Crippen molar-refractivity contribution in [3.63, 3.8) is 0 Å². The van der Waals surface area contributed by atoms with Crippen molar-refractivity contribution in [1.29, 1.82) is 0 Å². The van der Waals surface area contributed by atoms with E-state index in [-0.39, 0.29) is 17.0 Å². The van der Waals surface area contributed by atoms with Crippen molar-refractivity contribution in [2.45, 2.75) is 19.8 Å². The molecule has 0 bridgehead atoms. The predicted octanol–water partition coefficient (Wildman–Crippen LogP) is 3.16. The van der Waals surface area contributed by atoms with Crippen molar-refractivity contribution in [3.8, 4) is 5.75 Å². The Hall–Kier alpha value is -3.16. The van der Waals surface area contributed by atoms with E-state index in [0.29, 0.717) is 11.4 Å². The average molecular weight is 356 g/mol. The smallest absolute Gasteiger partial charge is 0.311 e. The minimum absolute atomic E-state index is 0.111. The van der Waals surface area contributed by atoms with Gasteiger partial charge in [-0.05, 0) is 44.0 Å². The van der Waals surface area contributed by atoms with Crippen molar-refractivity contribution in [3.05, 3.63) is 51.7 Å². The summed E-state index contributed by atoms with van der Waals surface area (Å²) in [5.74, 6) is 0.576. The summed E-state index contributed by atoms with van der Waals surface area (Å²) in [5.41, 5.74) is 1.21. The SMILES string of the molecule is COc1ccc(C(=O)Nc2ccc(N3CCCC3)nc2C)cc1[N+](=O)[O-]. The molecule has 1 aromatic carbocycles. The third kappa shape index (κ3) is 3.58. The summed E-state index contributed by atoms with van der Waals surface area (Å²) < 4.78 is 4.95. The van der Waals surface area contributed by atoms with Gasteiger partial charge in [0.15, 0.2) is 5.75 Å². The number of pyridine rings is 1. The molecule has 0 saturated carbocycles. The van der Waals surface area contributed by atoms with E-state index in [2.05, 4.69) is 15.2 Å². The normalized spacial score (nSPS) is 13.5. The highest BCUT2D eigenvalue weighted by Crippen LogP contribution is 2.28. The summed E-state index contributed by atoms with van der Waals surface area (Å²) in [6.07, 6.45) is 2.32. The van der Waals surface area contributed by atoms with Crippen LogP contribution in [0.1, 0.15) is 28.9 Å². The number of anilines is 2. The average Bonchev–Trinajstić information content (AvgIpc) is 3.17. The summed E-state index contributed by atoms with van der Waals surface area (Å²) >= 11 is 0. The van der Waals surface area contributed by atoms with Crippen LogP contribution in [0.25, 0.3) is 0 Å². The van der Waals surface area contributed by atoms with Crippen LogP contribution in [0.4, 0.5) is 17.2 Å². The van der Waals surface area contributed by atoms with Gasteiger partial charge in [-0.2, -0.15) is 0 Å². The highest BCUT2D eigenvalue weighted by Gasteiger charge is 2.19. The number of benzene rings is 1. The molecule has 0 radical (unpaired) electrons. The molecule has 136 valence electrons. The van der Waals surface area contributed by atoms with Crippen LogP contribution in [-0.4, -0.2) is 36.0 Å². The van der Waals surface area contributed by atoms with Gasteiger partial charge in [0.1, 0.15) is 5.82 Å². The minimum Gasteiger partial charge on any atom is -0.490 e. The van der Waals surface area contributed by atoms with E-state index in [1.807, 2.05) is 19.1 Å². The Bertz CT molecular complexity index is 847. The number of amides is 1. The van der Waals surface area contributed by atoms with Crippen LogP contribution in [0.15, 0.2) is 30.3 Å². The van der Waals surface area contributed by atoms with E-state index in [1.54, 1.807) is 0 Å². The molecule has 0 spiro atoms. The number of methoxy groups -OCH3 is 1. The van der Waals surface area contributed by atoms with Gasteiger partial charge in [0.2, 0.25) is 0 Å². The van der Waals surface area contributed by atoms with Crippen molar-refractivity contribution >= 4 is 23.1 Å². The predicted molar refractivity (Wildman–Crippen MR) is 98.0 cm³/mol. The van der Waals surface area contributed by atoms with Crippen LogP contribution >= 0.6 is 0 Å². The summed E-state index contributed by atoms with van der Waals surface area (Å²) in [7, 11) is 1.35. The van der Waals surface area contributed by atoms with E-state index in [4.69, 9.17) is 4.74 Å². The molecule has 26 heavy (non-hydrogen) atoms. The molecular weight excluding hydrogens is 336 g/mol. The maximum absolute atomic E-state index is 12.5. The molecule has 1 N–H and O–H groups in total. The first-order valence-electron chi connectivity index (χ1n) is 8.36. The first-order chi connectivity index (χ1) is 12.5. The standard InChI is InChI=1S/C18H20N4O4/c1-12-14(6-8-17(19-12)21-9-3-4-10-21)20-18(23)13-5-7-16(26-2)15(11-13)22(24)25/h5-8,11H,3-4,9-10H2,1-2H3,(H,20,23).